The minimum absolute atomic E-state index is 0.385. The van der Waals surface area contributed by atoms with Gasteiger partial charge in [0.2, 0.25) is 0 Å². The molecule has 4 nitrogen and oxygen atoms in total. The Bertz CT molecular complexity index is 873. The van der Waals surface area contributed by atoms with E-state index < -0.39 is 11.8 Å². The first-order valence-electron chi connectivity index (χ1n) is 6.15. The third-order valence-corrected chi connectivity index (χ3v) is 3.87. The second kappa shape index (κ2) is 4.96. The molecule has 3 rings (SSSR count). The molecular formula is C15H10BrFN2O2. The van der Waals surface area contributed by atoms with E-state index in [1.165, 1.54) is 6.07 Å². The summed E-state index contributed by atoms with van der Waals surface area (Å²) >= 11 is 3.45. The zero-order valence-electron chi connectivity index (χ0n) is 10.9. The highest BCUT2D eigenvalue weighted by Gasteiger charge is 2.15. The van der Waals surface area contributed by atoms with Crippen molar-refractivity contribution in [1.29, 1.82) is 0 Å². The molecule has 0 saturated heterocycles. The lowest BCUT2D eigenvalue weighted by Gasteiger charge is -2.01. The van der Waals surface area contributed by atoms with Crippen LogP contribution in [0, 0.1) is 12.7 Å². The van der Waals surface area contributed by atoms with Crippen LogP contribution in [0.25, 0.3) is 22.4 Å². The third-order valence-electron chi connectivity index (χ3n) is 3.18. The molecule has 2 N–H and O–H groups in total. The lowest BCUT2D eigenvalue weighted by molar-refractivity contribution is 0.0692. The van der Waals surface area contributed by atoms with Gasteiger partial charge in [-0.25, -0.2) is 14.2 Å². The van der Waals surface area contributed by atoms with Crippen molar-refractivity contribution in [2.24, 2.45) is 0 Å². The van der Waals surface area contributed by atoms with Crippen molar-refractivity contribution in [2.45, 2.75) is 6.92 Å². The first-order chi connectivity index (χ1) is 9.95. The predicted molar refractivity (Wildman–Crippen MR) is 80.9 cm³/mol. The summed E-state index contributed by atoms with van der Waals surface area (Å²) in [5.41, 5.74) is 2.39. The number of hydrogen-bond donors (Lipinski definition) is 2. The van der Waals surface area contributed by atoms with Crippen molar-refractivity contribution < 1.29 is 14.3 Å². The molecule has 1 aromatic heterocycles. The molecule has 0 aliphatic heterocycles. The molecule has 1 heterocycles. The number of nitrogens with one attached hydrogen (secondary N) is 1. The van der Waals surface area contributed by atoms with Crippen LogP contribution >= 0.6 is 15.9 Å². The maximum atomic E-state index is 13.7. The largest absolute Gasteiger partial charge is 0.478 e. The first kappa shape index (κ1) is 13.8. The molecule has 0 unspecified atom stereocenters. The van der Waals surface area contributed by atoms with E-state index in [4.69, 9.17) is 5.11 Å². The number of benzene rings is 2. The summed E-state index contributed by atoms with van der Waals surface area (Å²) in [4.78, 5) is 18.3. The van der Waals surface area contributed by atoms with E-state index in [-0.39, 0.29) is 5.56 Å². The van der Waals surface area contributed by atoms with Crippen LogP contribution < -0.4 is 0 Å². The quantitative estimate of drug-likeness (QED) is 0.731. The van der Waals surface area contributed by atoms with E-state index in [1.807, 2.05) is 25.1 Å². The Hall–Kier alpha value is -2.21. The van der Waals surface area contributed by atoms with Crippen LogP contribution in [0.15, 0.2) is 34.8 Å². The standard InChI is InChI=1S/C15H10BrFN2O2/c1-7-2-3-10(16)8(4-7)14-18-12-5-9(15(20)21)11(17)6-13(12)19-14/h2-6H,1H3,(H,18,19)(H,20,21). The number of aromatic nitrogens is 2. The van der Waals surface area contributed by atoms with Gasteiger partial charge in [0.05, 0.1) is 16.6 Å². The van der Waals surface area contributed by atoms with Gasteiger partial charge in [0.15, 0.2) is 0 Å². The smallest absolute Gasteiger partial charge is 0.338 e. The van der Waals surface area contributed by atoms with Crippen molar-refractivity contribution in [3.8, 4) is 11.4 Å². The molecule has 2 aromatic carbocycles. The fourth-order valence-corrected chi connectivity index (χ4v) is 2.58. The summed E-state index contributed by atoms with van der Waals surface area (Å²) < 4.78 is 14.5. The lowest BCUT2D eigenvalue weighted by atomic mass is 10.1. The van der Waals surface area contributed by atoms with E-state index in [9.17, 15) is 9.18 Å². The van der Waals surface area contributed by atoms with Crippen molar-refractivity contribution >= 4 is 32.9 Å². The number of nitrogens with zero attached hydrogens (tertiary/aromatic N) is 1. The summed E-state index contributed by atoms with van der Waals surface area (Å²) in [6.45, 7) is 1.96. The van der Waals surface area contributed by atoms with Crippen molar-refractivity contribution in [2.75, 3.05) is 0 Å². The van der Waals surface area contributed by atoms with Gasteiger partial charge in [-0.05, 0) is 25.1 Å². The zero-order chi connectivity index (χ0) is 15.1. The van der Waals surface area contributed by atoms with Crippen molar-refractivity contribution in [3.05, 3.63) is 51.7 Å². The highest BCUT2D eigenvalue weighted by molar-refractivity contribution is 9.10. The summed E-state index contributed by atoms with van der Waals surface area (Å²) in [5.74, 6) is -1.54. The maximum absolute atomic E-state index is 13.7. The fourth-order valence-electron chi connectivity index (χ4n) is 2.14. The number of halogens is 2. The number of imidazole rings is 1. The van der Waals surface area contributed by atoms with Crippen LogP contribution in [-0.2, 0) is 0 Å². The zero-order valence-corrected chi connectivity index (χ0v) is 12.5. The highest BCUT2D eigenvalue weighted by Crippen LogP contribution is 2.29. The van der Waals surface area contributed by atoms with Crippen LogP contribution in [-0.4, -0.2) is 21.0 Å². The van der Waals surface area contributed by atoms with Crippen molar-refractivity contribution in [1.82, 2.24) is 9.97 Å². The Morgan fingerprint density at radius 1 is 1.33 bits per heavy atom. The number of carboxylic acid groups (broad SMARTS) is 1. The second-order valence-corrected chi connectivity index (χ2v) is 5.58. The summed E-state index contributed by atoms with van der Waals surface area (Å²) in [6, 6.07) is 8.19. The highest BCUT2D eigenvalue weighted by atomic mass is 79.9. The topological polar surface area (TPSA) is 66.0 Å². The van der Waals surface area contributed by atoms with Crippen LogP contribution in [0.3, 0.4) is 0 Å². The number of rotatable bonds is 2. The molecule has 0 aliphatic rings. The monoisotopic (exact) mass is 348 g/mol. The molecule has 106 valence electrons. The first-order valence-corrected chi connectivity index (χ1v) is 6.94. The Kier molecular flexibility index (Phi) is 3.25. The molecule has 6 heteroatoms. The van der Waals surface area contributed by atoms with E-state index in [0.29, 0.717) is 16.9 Å². The SMILES string of the molecule is Cc1ccc(Br)c(-c2nc3cc(C(=O)O)c(F)cc3[nH]2)c1. The van der Waals surface area contributed by atoms with Gasteiger partial charge < -0.3 is 10.1 Å². The summed E-state index contributed by atoms with van der Waals surface area (Å²) in [5, 5.41) is 8.94. The van der Waals surface area contributed by atoms with Crippen LogP contribution in [0.1, 0.15) is 15.9 Å². The van der Waals surface area contributed by atoms with Gasteiger partial charge >= 0.3 is 5.97 Å². The number of hydrogen-bond acceptors (Lipinski definition) is 2. The van der Waals surface area contributed by atoms with Crippen LogP contribution in [0.4, 0.5) is 4.39 Å². The summed E-state index contributed by atoms with van der Waals surface area (Å²) in [7, 11) is 0. The van der Waals surface area contributed by atoms with Crippen molar-refractivity contribution in [3.63, 3.8) is 0 Å². The summed E-state index contributed by atoms with van der Waals surface area (Å²) in [6.07, 6.45) is 0. The molecule has 0 atom stereocenters. The van der Waals surface area contributed by atoms with E-state index >= 15 is 0 Å². The molecule has 0 radical (unpaired) electrons. The Labute approximate surface area is 127 Å². The van der Waals surface area contributed by atoms with Crippen LogP contribution in [0.5, 0.6) is 0 Å². The normalized spacial score (nSPS) is 11.0. The molecule has 0 aliphatic carbocycles. The number of fused-ring (bicyclic) bond motifs is 1. The molecule has 21 heavy (non-hydrogen) atoms. The lowest BCUT2D eigenvalue weighted by Crippen LogP contribution is -1.99. The molecule has 0 fully saturated rings. The Balaban J connectivity index is 2.21. The van der Waals surface area contributed by atoms with Crippen LogP contribution in [0.2, 0.25) is 0 Å². The number of carboxylic acids is 1. The van der Waals surface area contributed by atoms with Gasteiger partial charge in [0, 0.05) is 16.1 Å². The number of aryl methyl sites for hydroxylation is 1. The third kappa shape index (κ3) is 2.42. The van der Waals surface area contributed by atoms with Gasteiger partial charge in [-0.15, -0.1) is 0 Å². The average Bonchev–Trinajstić information content (AvgIpc) is 2.82. The number of aromatic amines is 1. The molecule has 0 spiro atoms. The minimum Gasteiger partial charge on any atom is -0.478 e. The van der Waals surface area contributed by atoms with E-state index in [2.05, 4.69) is 25.9 Å². The number of carbonyl (C=O) groups is 1. The molecule has 0 saturated carbocycles. The van der Waals surface area contributed by atoms with E-state index in [1.54, 1.807) is 0 Å². The Morgan fingerprint density at radius 2 is 2.10 bits per heavy atom. The van der Waals surface area contributed by atoms with Gasteiger partial charge in [-0.2, -0.15) is 0 Å². The second-order valence-electron chi connectivity index (χ2n) is 4.72. The minimum atomic E-state index is -1.31. The fraction of sp³-hybridized carbons (Fsp3) is 0.0667. The van der Waals surface area contributed by atoms with Gasteiger partial charge in [-0.3, -0.25) is 0 Å². The average molecular weight is 349 g/mol. The van der Waals surface area contributed by atoms with Gasteiger partial charge in [-0.1, -0.05) is 27.6 Å². The van der Waals surface area contributed by atoms with Gasteiger partial charge in [0.25, 0.3) is 0 Å². The number of H-pyrrole nitrogens is 1. The molecular weight excluding hydrogens is 339 g/mol. The molecule has 0 amide bonds. The predicted octanol–water partition coefficient (Wildman–Crippen LogP) is 4.14. The number of aromatic carboxylic acids is 1. The van der Waals surface area contributed by atoms with E-state index in [0.717, 1.165) is 21.7 Å². The molecule has 0 bridgehead atoms. The Morgan fingerprint density at radius 3 is 2.81 bits per heavy atom. The maximum Gasteiger partial charge on any atom is 0.338 e. The van der Waals surface area contributed by atoms with Gasteiger partial charge in [0.1, 0.15) is 11.6 Å². The molecule has 3 aromatic rings.